The number of hydrogen-bond acceptors (Lipinski definition) is 5. The topological polar surface area (TPSA) is 126 Å². The number of hydrogen-bond donors (Lipinski definition) is 3. The Labute approximate surface area is 193 Å². The standard InChI is InChI=1S/C20H29N5O4.HI/c1-4-22-20(25-11-13(2)16(12-25)19(28)29-3)24-9-14-5-7-15(8-6-14)18(27)23-10-17(21)26;/h5-8,13,16H,4,9-12H2,1-3H3,(H2,21,26)(H,22,24)(H,23,27);1H. The molecular weight excluding hydrogens is 501 g/mol. The molecule has 1 heterocycles. The zero-order valence-electron chi connectivity index (χ0n) is 17.5. The van der Waals surface area contributed by atoms with Crippen LogP contribution in [0.15, 0.2) is 29.3 Å². The highest BCUT2D eigenvalue weighted by Crippen LogP contribution is 2.24. The molecule has 0 radical (unpaired) electrons. The highest BCUT2D eigenvalue weighted by atomic mass is 127. The number of likely N-dealkylation sites (tertiary alicyclic amines) is 1. The van der Waals surface area contributed by atoms with Gasteiger partial charge in [0.1, 0.15) is 0 Å². The van der Waals surface area contributed by atoms with Crippen LogP contribution in [0, 0.1) is 11.8 Å². The fourth-order valence-electron chi connectivity index (χ4n) is 3.22. The number of carbonyl (C=O) groups excluding carboxylic acids is 3. The van der Waals surface area contributed by atoms with Gasteiger partial charge in [0.2, 0.25) is 5.91 Å². The third kappa shape index (κ3) is 7.15. The highest BCUT2D eigenvalue weighted by Gasteiger charge is 2.36. The zero-order chi connectivity index (χ0) is 21.4. The van der Waals surface area contributed by atoms with E-state index in [2.05, 4.69) is 20.5 Å². The van der Waals surface area contributed by atoms with Crippen LogP contribution in [-0.2, 0) is 20.9 Å². The number of nitrogens with one attached hydrogen (secondary N) is 2. The molecule has 10 heteroatoms. The van der Waals surface area contributed by atoms with Gasteiger partial charge in [-0.05, 0) is 30.5 Å². The molecule has 1 fully saturated rings. The zero-order valence-corrected chi connectivity index (χ0v) is 19.8. The number of carbonyl (C=O) groups is 3. The van der Waals surface area contributed by atoms with E-state index in [-0.39, 0.29) is 54.2 Å². The van der Waals surface area contributed by atoms with Crippen molar-refractivity contribution in [3.63, 3.8) is 0 Å². The number of halogens is 1. The Morgan fingerprint density at radius 3 is 2.43 bits per heavy atom. The van der Waals surface area contributed by atoms with E-state index in [1.165, 1.54) is 7.11 Å². The van der Waals surface area contributed by atoms with Crippen molar-refractivity contribution < 1.29 is 19.1 Å². The van der Waals surface area contributed by atoms with E-state index in [4.69, 9.17) is 10.5 Å². The Bertz CT molecular complexity index is 769. The van der Waals surface area contributed by atoms with Gasteiger partial charge in [0.05, 0.1) is 26.1 Å². The molecule has 1 aromatic carbocycles. The maximum Gasteiger partial charge on any atom is 0.310 e. The quantitative estimate of drug-likeness (QED) is 0.206. The third-order valence-corrected chi connectivity index (χ3v) is 4.80. The lowest BCUT2D eigenvalue weighted by atomic mass is 9.99. The Balaban J connectivity index is 0.00000450. The summed E-state index contributed by atoms with van der Waals surface area (Å²) in [6, 6.07) is 6.99. The van der Waals surface area contributed by atoms with Crippen molar-refractivity contribution in [1.82, 2.24) is 15.5 Å². The molecule has 0 aromatic heterocycles. The first-order valence-electron chi connectivity index (χ1n) is 9.62. The Kier molecular flexibility index (Phi) is 10.6. The summed E-state index contributed by atoms with van der Waals surface area (Å²) in [4.78, 5) is 41.4. The summed E-state index contributed by atoms with van der Waals surface area (Å²) in [5.41, 5.74) is 6.40. The lowest BCUT2D eigenvalue weighted by Gasteiger charge is -2.21. The van der Waals surface area contributed by atoms with Crippen LogP contribution in [-0.4, -0.2) is 61.9 Å². The third-order valence-electron chi connectivity index (χ3n) is 4.80. The van der Waals surface area contributed by atoms with E-state index in [1.54, 1.807) is 12.1 Å². The molecule has 166 valence electrons. The van der Waals surface area contributed by atoms with Crippen LogP contribution in [0.5, 0.6) is 0 Å². The molecule has 9 nitrogen and oxygen atoms in total. The molecule has 0 spiro atoms. The molecule has 2 amide bonds. The molecule has 1 saturated heterocycles. The summed E-state index contributed by atoms with van der Waals surface area (Å²) in [5, 5.41) is 5.71. The van der Waals surface area contributed by atoms with E-state index >= 15 is 0 Å². The average Bonchev–Trinajstić information content (AvgIpc) is 3.10. The van der Waals surface area contributed by atoms with E-state index < -0.39 is 5.91 Å². The van der Waals surface area contributed by atoms with Crippen LogP contribution in [0.25, 0.3) is 0 Å². The summed E-state index contributed by atoms with van der Waals surface area (Å²) in [7, 11) is 1.41. The number of guanidine groups is 1. The smallest absolute Gasteiger partial charge is 0.310 e. The van der Waals surface area contributed by atoms with Gasteiger partial charge < -0.3 is 26.0 Å². The van der Waals surface area contributed by atoms with Gasteiger partial charge in [-0.15, -0.1) is 24.0 Å². The molecule has 2 atom stereocenters. The number of benzene rings is 1. The number of amides is 2. The fourth-order valence-corrected chi connectivity index (χ4v) is 3.22. The second kappa shape index (κ2) is 12.4. The van der Waals surface area contributed by atoms with Gasteiger partial charge in [-0.3, -0.25) is 14.4 Å². The SMILES string of the molecule is CCNC(=NCc1ccc(C(=O)NCC(N)=O)cc1)N1CC(C)C(C(=O)OC)C1.I. The van der Waals surface area contributed by atoms with Gasteiger partial charge >= 0.3 is 5.97 Å². The van der Waals surface area contributed by atoms with Crippen LogP contribution >= 0.6 is 24.0 Å². The summed E-state index contributed by atoms with van der Waals surface area (Å²) in [6.45, 7) is 6.27. The van der Waals surface area contributed by atoms with Gasteiger partial charge in [0.25, 0.3) is 5.91 Å². The van der Waals surface area contributed by atoms with Crippen LogP contribution in [0.3, 0.4) is 0 Å². The van der Waals surface area contributed by atoms with Crippen LogP contribution < -0.4 is 16.4 Å². The largest absolute Gasteiger partial charge is 0.469 e. The molecule has 4 N–H and O–H groups in total. The number of primary amides is 1. The summed E-state index contributed by atoms with van der Waals surface area (Å²) >= 11 is 0. The number of aliphatic imine (C=N–C) groups is 1. The number of methoxy groups -OCH3 is 1. The second-order valence-corrected chi connectivity index (χ2v) is 7.03. The summed E-state index contributed by atoms with van der Waals surface area (Å²) < 4.78 is 4.90. The first kappa shape index (κ1) is 25.7. The molecule has 1 aromatic rings. The van der Waals surface area contributed by atoms with Gasteiger partial charge in [0.15, 0.2) is 5.96 Å². The van der Waals surface area contributed by atoms with Crippen LogP contribution in [0.2, 0.25) is 0 Å². The molecule has 1 aliphatic rings. The Morgan fingerprint density at radius 1 is 1.20 bits per heavy atom. The number of esters is 1. The number of rotatable bonds is 7. The minimum absolute atomic E-state index is 0. The Morgan fingerprint density at radius 2 is 1.87 bits per heavy atom. The molecule has 0 bridgehead atoms. The van der Waals surface area contributed by atoms with Gasteiger partial charge in [-0.1, -0.05) is 19.1 Å². The molecule has 30 heavy (non-hydrogen) atoms. The van der Waals surface area contributed by atoms with Crippen molar-refractivity contribution in [2.45, 2.75) is 20.4 Å². The normalized spacial score (nSPS) is 18.4. The molecular formula is C20H30IN5O4. The molecule has 2 unspecified atom stereocenters. The lowest BCUT2D eigenvalue weighted by Crippen LogP contribution is -2.40. The first-order valence-corrected chi connectivity index (χ1v) is 9.62. The minimum atomic E-state index is -0.592. The summed E-state index contributed by atoms with van der Waals surface area (Å²) in [6.07, 6.45) is 0. The fraction of sp³-hybridized carbons (Fsp3) is 0.500. The van der Waals surface area contributed by atoms with Crippen molar-refractivity contribution >= 4 is 47.7 Å². The monoisotopic (exact) mass is 531 g/mol. The number of nitrogens with zero attached hydrogens (tertiary/aromatic N) is 2. The van der Waals surface area contributed by atoms with Gasteiger partial charge in [0, 0.05) is 25.2 Å². The van der Waals surface area contributed by atoms with Crippen molar-refractivity contribution in [1.29, 1.82) is 0 Å². The van der Waals surface area contributed by atoms with E-state index in [9.17, 15) is 14.4 Å². The number of nitrogens with two attached hydrogens (primary N) is 1. The number of ether oxygens (including phenoxy) is 1. The van der Waals surface area contributed by atoms with Crippen molar-refractivity contribution in [2.75, 3.05) is 33.3 Å². The van der Waals surface area contributed by atoms with Crippen LogP contribution in [0.4, 0.5) is 0 Å². The van der Waals surface area contributed by atoms with Crippen LogP contribution in [0.1, 0.15) is 29.8 Å². The predicted octanol–water partition coefficient (Wildman–Crippen LogP) is 0.726. The molecule has 0 saturated carbocycles. The maximum atomic E-state index is 11.9. The first-order chi connectivity index (χ1) is 13.8. The maximum absolute atomic E-state index is 11.9. The minimum Gasteiger partial charge on any atom is -0.469 e. The highest BCUT2D eigenvalue weighted by molar-refractivity contribution is 14.0. The van der Waals surface area contributed by atoms with E-state index in [1.807, 2.05) is 26.0 Å². The molecule has 2 rings (SSSR count). The van der Waals surface area contributed by atoms with Crippen molar-refractivity contribution in [3.8, 4) is 0 Å². The van der Waals surface area contributed by atoms with Crippen molar-refractivity contribution in [2.24, 2.45) is 22.6 Å². The molecule has 0 aliphatic carbocycles. The summed E-state index contributed by atoms with van der Waals surface area (Å²) in [5.74, 6) is -0.375. The lowest BCUT2D eigenvalue weighted by molar-refractivity contribution is -0.146. The van der Waals surface area contributed by atoms with E-state index in [0.29, 0.717) is 25.2 Å². The van der Waals surface area contributed by atoms with Gasteiger partial charge in [-0.25, -0.2) is 4.99 Å². The molecule has 1 aliphatic heterocycles. The Hall–Kier alpha value is -2.37. The van der Waals surface area contributed by atoms with Gasteiger partial charge in [-0.2, -0.15) is 0 Å². The second-order valence-electron chi connectivity index (χ2n) is 7.03. The predicted molar refractivity (Wildman–Crippen MR) is 124 cm³/mol. The average molecular weight is 531 g/mol. The van der Waals surface area contributed by atoms with Crippen molar-refractivity contribution in [3.05, 3.63) is 35.4 Å². The van der Waals surface area contributed by atoms with E-state index in [0.717, 1.165) is 18.1 Å².